The lowest BCUT2D eigenvalue weighted by Crippen LogP contribution is -2.50. The number of aliphatic hydroxyl groups excluding tert-OH is 1. The molecule has 0 bridgehead atoms. The van der Waals surface area contributed by atoms with Gasteiger partial charge in [-0.05, 0) is 63.5 Å². The van der Waals surface area contributed by atoms with Gasteiger partial charge in [0.05, 0.1) is 23.4 Å². The molecule has 1 spiro atoms. The molecule has 1 saturated carbocycles. The number of amides is 2. The lowest BCUT2D eigenvalue weighted by atomic mass is 9.78. The van der Waals surface area contributed by atoms with E-state index in [2.05, 4.69) is 20.1 Å². The average molecular weight is 402 g/mol. The van der Waals surface area contributed by atoms with Crippen molar-refractivity contribution in [3.05, 3.63) is 17.8 Å². The van der Waals surface area contributed by atoms with E-state index < -0.39 is 6.09 Å². The van der Waals surface area contributed by atoms with E-state index in [1.54, 1.807) is 6.07 Å². The molecule has 1 aliphatic carbocycles. The molecule has 2 amide bonds. The van der Waals surface area contributed by atoms with Crippen LogP contribution in [0.4, 0.5) is 16.3 Å². The first kappa shape index (κ1) is 19.9. The highest BCUT2D eigenvalue weighted by molar-refractivity contribution is 5.86. The van der Waals surface area contributed by atoms with Gasteiger partial charge in [0, 0.05) is 25.7 Å². The number of pyridine rings is 1. The van der Waals surface area contributed by atoms with E-state index in [0.29, 0.717) is 12.2 Å². The Morgan fingerprint density at radius 1 is 1.24 bits per heavy atom. The van der Waals surface area contributed by atoms with E-state index >= 15 is 0 Å². The zero-order valence-corrected chi connectivity index (χ0v) is 16.9. The molecule has 1 atom stereocenters. The number of likely N-dealkylation sites (tertiary alicyclic amines) is 1. The third kappa shape index (κ3) is 3.90. The Bertz CT molecular complexity index is 793. The van der Waals surface area contributed by atoms with E-state index in [1.165, 1.54) is 6.20 Å². The number of anilines is 2. The second-order valence-electron chi connectivity index (χ2n) is 8.81. The van der Waals surface area contributed by atoms with Crippen LogP contribution in [0.25, 0.3) is 0 Å². The summed E-state index contributed by atoms with van der Waals surface area (Å²) in [5, 5.41) is 21.0. The van der Waals surface area contributed by atoms with Crippen molar-refractivity contribution in [2.24, 2.45) is 5.41 Å². The van der Waals surface area contributed by atoms with Crippen LogP contribution in [0.15, 0.2) is 12.3 Å². The van der Waals surface area contributed by atoms with Crippen LogP contribution in [0.5, 0.6) is 0 Å². The summed E-state index contributed by atoms with van der Waals surface area (Å²) in [7, 11) is 0. The highest BCUT2D eigenvalue weighted by Gasteiger charge is 2.50. The Kier molecular flexibility index (Phi) is 5.38. The van der Waals surface area contributed by atoms with Crippen LogP contribution in [-0.4, -0.2) is 63.9 Å². The highest BCUT2D eigenvalue weighted by atomic mass is 16.4. The SMILES string of the molecule is Cc1cc(NC(=O)O)cnc1N1CCC[C@]2(CCN(C3CCC(O)CC3)C2=O)C1. The summed E-state index contributed by atoms with van der Waals surface area (Å²) in [5.41, 5.74) is 1.00. The first-order valence-corrected chi connectivity index (χ1v) is 10.6. The largest absolute Gasteiger partial charge is 0.465 e. The molecule has 0 unspecified atom stereocenters. The smallest absolute Gasteiger partial charge is 0.409 e. The number of rotatable bonds is 3. The molecular formula is C21H30N4O4. The first-order chi connectivity index (χ1) is 13.9. The fraction of sp³-hybridized carbons (Fsp3) is 0.667. The Labute approximate surface area is 170 Å². The lowest BCUT2D eigenvalue weighted by molar-refractivity contribution is -0.139. The van der Waals surface area contributed by atoms with Crippen LogP contribution >= 0.6 is 0 Å². The van der Waals surface area contributed by atoms with E-state index in [9.17, 15) is 14.7 Å². The van der Waals surface area contributed by atoms with E-state index in [0.717, 1.165) is 69.4 Å². The minimum atomic E-state index is -1.11. The van der Waals surface area contributed by atoms with Crippen LogP contribution in [-0.2, 0) is 4.79 Å². The summed E-state index contributed by atoms with van der Waals surface area (Å²) in [4.78, 5) is 33.1. The maximum absolute atomic E-state index is 13.4. The monoisotopic (exact) mass is 402 g/mol. The Morgan fingerprint density at radius 2 is 2.00 bits per heavy atom. The second-order valence-corrected chi connectivity index (χ2v) is 8.81. The third-order valence-corrected chi connectivity index (χ3v) is 6.83. The van der Waals surface area contributed by atoms with Gasteiger partial charge in [-0.3, -0.25) is 10.1 Å². The molecule has 8 heteroatoms. The number of nitrogens with zero attached hydrogens (tertiary/aromatic N) is 3. The Balaban J connectivity index is 1.48. The summed E-state index contributed by atoms with van der Waals surface area (Å²) < 4.78 is 0. The number of aliphatic hydroxyl groups is 1. The maximum Gasteiger partial charge on any atom is 0.409 e. The molecule has 3 heterocycles. The molecule has 2 saturated heterocycles. The van der Waals surface area contributed by atoms with Crippen LogP contribution in [0.3, 0.4) is 0 Å². The number of piperidine rings is 1. The molecule has 2 aliphatic heterocycles. The van der Waals surface area contributed by atoms with Crippen LogP contribution in [0.2, 0.25) is 0 Å². The molecule has 29 heavy (non-hydrogen) atoms. The van der Waals surface area contributed by atoms with Crippen molar-refractivity contribution >= 4 is 23.5 Å². The van der Waals surface area contributed by atoms with Gasteiger partial charge >= 0.3 is 6.09 Å². The summed E-state index contributed by atoms with van der Waals surface area (Å²) >= 11 is 0. The maximum atomic E-state index is 13.4. The van der Waals surface area contributed by atoms with Crippen molar-refractivity contribution in [2.75, 3.05) is 29.9 Å². The van der Waals surface area contributed by atoms with Crippen LogP contribution in [0, 0.1) is 12.3 Å². The molecule has 1 aromatic heterocycles. The molecule has 8 nitrogen and oxygen atoms in total. The molecule has 3 fully saturated rings. The molecule has 0 aromatic carbocycles. The predicted octanol–water partition coefficient (Wildman–Crippen LogP) is 2.60. The van der Waals surface area contributed by atoms with Crippen LogP contribution in [0.1, 0.15) is 50.5 Å². The number of hydrogen-bond donors (Lipinski definition) is 3. The highest BCUT2D eigenvalue weighted by Crippen LogP contribution is 2.43. The first-order valence-electron chi connectivity index (χ1n) is 10.6. The molecule has 0 radical (unpaired) electrons. The number of carbonyl (C=O) groups is 2. The number of aromatic nitrogens is 1. The van der Waals surface area contributed by atoms with Gasteiger partial charge in [-0.1, -0.05) is 0 Å². The minimum Gasteiger partial charge on any atom is -0.465 e. The van der Waals surface area contributed by atoms with E-state index in [4.69, 9.17) is 5.11 Å². The Hall–Kier alpha value is -2.35. The zero-order valence-electron chi connectivity index (χ0n) is 16.9. The number of nitrogens with one attached hydrogen (secondary N) is 1. The van der Waals surface area contributed by atoms with Gasteiger partial charge < -0.3 is 20.0 Å². The van der Waals surface area contributed by atoms with Crippen molar-refractivity contribution in [1.82, 2.24) is 9.88 Å². The quantitative estimate of drug-likeness (QED) is 0.718. The molecule has 158 valence electrons. The van der Waals surface area contributed by atoms with Gasteiger partial charge in [0.2, 0.25) is 5.91 Å². The molecule has 4 rings (SSSR count). The normalized spacial score (nSPS) is 30.1. The van der Waals surface area contributed by atoms with Crippen molar-refractivity contribution in [3.8, 4) is 0 Å². The number of carbonyl (C=O) groups excluding carboxylic acids is 1. The third-order valence-electron chi connectivity index (χ3n) is 6.83. The molecule has 1 aromatic rings. The van der Waals surface area contributed by atoms with Gasteiger partial charge in [-0.25, -0.2) is 9.78 Å². The summed E-state index contributed by atoms with van der Waals surface area (Å²) in [6.45, 7) is 4.25. The Morgan fingerprint density at radius 3 is 2.69 bits per heavy atom. The minimum absolute atomic E-state index is 0.212. The fourth-order valence-electron chi connectivity index (χ4n) is 5.35. The van der Waals surface area contributed by atoms with Crippen molar-refractivity contribution < 1.29 is 19.8 Å². The van der Waals surface area contributed by atoms with Crippen molar-refractivity contribution in [1.29, 1.82) is 0 Å². The van der Waals surface area contributed by atoms with Gasteiger partial charge in [-0.2, -0.15) is 0 Å². The van der Waals surface area contributed by atoms with Crippen LogP contribution < -0.4 is 10.2 Å². The van der Waals surface area contributed by atoms with Gasteiger partial charge in [0.15, 0.2) is 0 Å². The van der Waals surface area contributed by atoms with E-state index in [-0.39, 0.29) is 23.5 Å². The topological polar surface area (TPSA) is 106 Å². The number of carboxylic acid groups (broad SMARTS) is 1. The molecular weight excluding hydrogens is 372 g/mol. The van der Waals surface area contributed by atoms with E-state index in [1.807, 2.05) is 6.92 Å². The fourth-order valence-corrected chi connectivity index (χ4v) is 5.35. The van der Waals surface area contributed by atoms with Gasteiger partial charge in [0.1, 0.15) is 5.82 Å². The molecule has 3 aliphatic rings. The lowest BCUT2D eigenvalue weighted by Gasteiger charge is -2.41. The number of hydrogen-bond acceptors (Lipinski definition) is 5. The summed E-state index contributed by atoms with van der Waals surface area (Å²) in [5.74, 6) is 1.09. The average Bonchev–Trinajstić information content (AvgIpc) is 2.98. The second kappa shape index (κ2) is 7.82. The van der Waals surface area contributed by atoms with Gasteiger partial charge in [0.25, 0.3) is 0 Å². The summed E-state index contributed by atoms with van der Waals surface area (Å²) in [6, 6.07) is 2.05. The standard InChI is InChI=1S/C21H30N4O4/c1-14-11-15(23-20(28)29)12-22-18(14)24-9-2-7-21(13-24)8-10-25(19(21)27)16-3-5-17(26)6-4-16/h11-12,16-17,23,26H,2-10,13H2,1H3,(H,28,29)/t16?,17?,21-/m0/s1. The zero-order chi connectivity index (χ0) is 20.6. The molecule has 3 N–H and O–H groups in total. The number of aryl methyl sites for hydroxylation is 1. The summed E-state index contributed by atoms with van der Waals surface area (Å²) in [6.07, 6.45) is 6.30. The predicted molar refractivity (Wildman–Crippen MR) is 109 cm³/mol. The van der Waals surface area contributed by atoms with Crippen molar-refractivity contribution in [2.45, 2.75) is 64.0 Å². The van der Waals surface area contributed by atoms with Gasteiger partial charge in [-0.15, -0.1) is 0 Å². The van der Waals surface area contributed by atoms with Crippen molar-refractivity contribution in [3.63, 3.8) is 0 Å².